The first-order valence-corrected chi connectivity index (χ1v) is 7.01. The minimum atomic E-state index is -0.127. The number of nitrogens with zero attached hydrogens (tertiary/aromatic N) is 5. The highest BCUT2D eigenvalue weighted by atomic mass is 16.5. The van der Waals surface area contributed by atoms with E-state index in [2.05, 4.69) is 15.0 Å². The average Bonchev–Trinajstić information content (AvgIpc) is 3.01. The first-order valence-electron chi connectivity index (χ1n) is 7.01. The van der Waals surface area contributed by atoms with Crippen LogP contribution in [0.25, 0.3) is 0 Å². The van der Waals surface area contributed by atoms with Gasteiger partial charge in [-0.1, -0.05) is 5.16 Å². The highest BCUT2D eigenvalue weighted by molar-refractivity contribution is 5.91. The summed E-state index contributed by atoms with van der Waals surface area (Å²) in [5.74, 6) is 0.157. The fraction of sp³-hybridized carbons (Fsp3) is 0.333. The van der Waals surface area contributed by atoms with Gasteiger partial charge in [0.05, 0.1) is 17.6 Å². The van der Waals surface area contributed by atoms with E-state index in [1.54, 1.807) is 30.2 Å². The standard InChI is InChI=1S/C15H15N5O2/c1-11-8-14(22-18-11)15(21)20-6-4-19(5-7-20)13-3-2-12(9-16)17-10-13/h2-3,8,10H,4-7H2,1H3. The number of pyridine rings is 1. The average molecular weight is 297 g/mol. The molecule has 2 aromatic rings. The van der Waals surface area contributed by atoms with Crippen LogP contribution in [-0.4, -0.2) is 47.1 Å². The summed E-state index contributed by atoms with van der Waals surface area (Å²) in [5, 5.41) is 12.5. The van der Waals surface area contributed by atoms with Gasteiger partial charge < -0.3 is 14.3 Å². The highest BCUT2D eigenvalue weighted by Crippen LogP contribution is 2.17. The second-order valence-electron chi connectivity index (χ2n) is 5.13. The Hall–Kier alpha value is -2.88. The number of amides is 1. The Morgan fingerprint density at radius 2 is 2.09 bits per heavy atom. The Morgan fingerprint density at radius 1 is 1.32 bits per heavy atom. The molecule has 112 valence electrons. The lowest BCUT2D eigenvalue weighted by Crippen LogP contribution is -2.48. The molecule has 3 rings (SSSR count). The molecule has 0 radical (unpaired) electrons. The van der Waals surface area contributed by atoms with E-state index in [4.69, 9.17) is 9.78 Å². The van der Waals surface area contributed by atoms with Crippen LogP contribution < -0.4 is 4.90 Å². The van der Waals surface area contributed by atoms with Gasteiger partial charge in [-0.15, -0.1) is 0 Å². The molecule has 1 fully saturated rings. The number of hydrogen-bond donors (Lipinski definition) is 0. The molecular weight excluding hydrogens is 282 g/mol. The number of rotatable bonds is 2. The molecule has 0 spiro atoms. The van der Waals surface area contributed by atoms with E-state index in [9.17, 15) is 4.79 Å². The number of hydrogen-bond acceptors (Lipinski definition) is 6. The van der Waals surface area contributed by atoms with Gasteiger partial charge >= 0.3 is 0 Å². The zero-order valence-electron chi connectivity index (χ0n) is 12.2. The summed E-state index contributed by atoms with van der Waals surface area (Å²) >= 11 is 0. The fourth-order valence-electron chi connectivity index (χ4n) is 2.43. The second kappa shape index (κ2) is 5.85. The van der Waals surface area contributed by atoms with Crippen molar-refractivity contribution in [2.24, 2.45) is 0 Å². The van der Waals surface area contributed by atoms with E-state index in [0.29, 0.717) is 37.6 Å². The highest BCUT2D eigenvalue weighted by Gasteiger charge is 2.24. The normalized spacial score (nSPS) is 14.7. The number of piperazine rings is 1. The molecule has 0 saturated carbocycles. The van der Waals surface area contributed by atoms with Crippen molar-refractivity contribution >= 4 is 11.6 Å². The largest absolute Gasteiger partial charge is 0.367 e. The zero-order valence-corrected chi connectivity index (χ0v) is 12.2. The van der Waals surface area contributed by atoms with E-state index in [-0.39, 0.29) is 11.7 Å². The van der Waals surface area contributed by atoms with Crippen LogP contribution in [0.5, 0.6) is 0 Å². The third-order valence-electron chi connectivity index (χ3n) is 3.63. The molecule has 1 amide bonds. The Labute approximate surface area is 127 Å². The summed E-state index contributed by atoms with van der Waals surface area (Å²) in [6.45, 7) is 4.44. The van der Waals surface area contributed by atoms with Crippen LogP contribution >= 0.6 is 0 Å². The van der Waals surface area contributed by atoms with Gasteiger partial charge in [0.15, 0.2) is 0 Å². The number of aryl methyl sites for hydroxylation is 1. The molecule has 3 heterocycles. The molecule has 7 heteroatoms. The second-order valence-corrected chi connectivity index (χ2v) is 5.13. The van der Waals surface area contributed by atoms with Crippen LogP contribution in [0.15, 0.2) is 28.9 Å². The van der Waals surface area contributed by atoms with Gasteiger partial charge in [0.1, 0.15) is 11.8 Å². The third kappa shape index (κ3) is 2.76. The van der Waals surface area contributed by atoms with Crippen molar-refractivity contribution in [2.75, 3.05) is 31.1 Å². The maximum Gasteiger partial charge on any atom is 0.292 e. The first-order chi connectivity index (χ1) is 10.7. The van der Waals surface area contributed by atoms with Crippen LogP contribution in [0.4, 0.5) is 5.69 Å². The topological polar surface area (TPSA) is 86.3 Å². The minimum Gasteiger partial charge on any atom is -0.367 e. The lowest BCUT2D eigenvalue weighted by Gasteiger charge is -2.35. The lowest BCUT2D eigenvalue weighted by atomic mass is 10.2. The van der Waals surface area contributed by atoms with Crippen molar-refractivity contribution in [3.8, 4) is 6.07 Å². The van der Waals surface area contributed by atoms with Gasteiger partial charge in [-0.2, -0.15) is 5.26 Å². The van der Waals surface area contributed by atoms with E-state index in [1.807, 2.05) is 12.1 Å². The van der Waals surface area contributed by atoms with Crippen molar-refractivity contribution < 1.29 is 9.32 Å². The molecule has 0 aromatic carbocycles. The predicted octanol–water partition coefficient (Wildman–Crippen LogP) is 1.21. The summed E-state index contributed by atoms with van der Waals surface area (Å²) in [6, 6.07) is 7.23. The molecule has 0 bridgehead atoms. The van der Waals surface area contributed by atoms with Gasteiger partial charge in [-0.3, -0.25) is 4.79 Å². The number of carbonyl (C=O) groups excluding carboxylic acids is 1. The summed E-state index contributed by atoms with van der Waals surface area (Å²) in [6.07, 6.45) is 1.69. The summed E-state index contributed by atoms with van der Waals surface area (Å²) in [7, 11) is 0. The molecular formula is C15H15N5O2. The van der Waals surface area contributed by atoms with Crippen molar-refractivity contribution in [3.63, 3.8) is 0 Å². The molecule has 1 aliphatic rings. The van der Waals surface area contributed by atoms with Crippen molar-refractivity contribution in [1.82, 2.24) is 15.0 Å². The quantitative estimate of drug-likeness (QED) is 0.828. The first kappa shape index (κ1) is 14.1. The molecule has 0 unspecified atom stereocenters. The number of carbonyl (C=O) groups is 1. The molecule has 1 aliphatic heterocycles. The van der Waals surface area contributed by atoms with Crippen molar-refractivity contribution in [2.45, 2.75) is 6.92 Å². The molecule has 22 heavy (non-hydrogen) atoms. The molecule has 0 aliphatic carbocycles. The number of anilines is 1. The van der Waals surface area contributed by atoms with E-state index in [1.165, 1.54) is 0 Å². The summed E-state index contributed by atoms with van der Waals surface area (Å²) in [4.78, 5) is 20.2. The maximum atomic E-state index is 12.3. The Kier molecular flexibility index (Phi) is 3.74. The maximum absolute atomic E-state index is 12.3. The van der Waals surface area contributed by atoms with Crippen LogP contribution in [0.2, 0.25) is 0 Å². The number of aromatic nitrogens is 2. The Morgan fingerprint density at radius 3 is 2.64 bits per heavy atom. The van der Waals surface area contributed by atoms with E-state index < -0.39 is 0 Å². The third-order valence-corrected chi connectivity index (χ3v) is 3.63. The number of nitriles is 1. The molecule has 0 N–H and O–H groups in total. The minimum absolute atomic E-state index is 0.127. The molecule has 7 nitrogen and oxygen atoms in total. The molecule has 1 saturated heterocycles. The van der Waals surface area contributed by atoms with Crippen LogP contribution in [0, 0.1) is 18.3 Å². The van der Waals surface area contributed by atoms with Crippen LogP contribution in [0.1, 0.15) is 21.9 Å². The smallest absolute Gasteiger partial charge is 0.292 e. The van der Waals surface area contributed by atoms with Crippen LogP contribution in [0.3, 0.4) is 0 Å². The Balaban J connectivity index is 1.62. The van der Waals surface area contributed by atoms with E-state index in [0.717, 1.165) is 5.69 Å². The predicted molar refractivity (Wildman–Crippen MR) is 78.3 cm³/mol. The summed E-state index contributed by atoms with van der Waals surface area (Å²) in [5.41, 5.74) is 2.06. The SMILES string of the molecule is Cc1cc(C(=O)N2CCN(c3ccc(C#N)nc3)CC2)on1. The monoisotopic (exact) mass is 297 g/mol. The van der Waals surface area contributed by atoms with Crippen molar-refractivity contribution in [1.29, 1.82) is 5.26 Å². The van der Waals surface area contributed by atoms with Crippen LogP contribution in [-0.2, 0) is 0 Å². The zero-order chi connectivity index (χ0) is 15.5. The lowest BCUT2D eigenvalue weighted by molar-refractivity contribution is 0.0704. The van der Waals surface area contributed by atoms with Gasteiger partial charge in [0.25, 0.3) is 5.91 Å². The van der Waals surface area contributed by atoms with Gasteiger partial charge in [0, 0.05) is 32.2 Å². The van der Waals surface area contributed by atoms with Gasteiger partial charge in [0.2, 0.25) is 5.76 Å². The summed E-state index contributed by atoms with van der Waals surface area (Å²) < 4.78 is 5.02. The molecule has 2 aromatic heterocycles. The van der Waals surface area contributed by atoms with Gasteiger partial charge in [-0.25, -0.2) is 4.98 Å². The van der Waals surface area contributed by atoms with Gasteiger partial charge in [-0.05, 0) is 19.1 Å². The van der Waals surface area contributed by atoms with E-state index >= 15 is 0 Å². The fourth-order valence-corrected chi connectivity index (χ4v) is 2.43. The Bertz CT molecular complexity index is 708. The van der Waals surface area contributed by atoms with Crippen molar-refractivity contribution in [3.05, 3.63) is 41.5 Å². The molecule has 0 atom stereocenters.